The van der Waals surface area contributed by atoms with Crippen LogP contribution in [0.25, 0.3) is 0 Å². The first-order valence-electron chi connectivity index (χ1n) is 6.27. The number of hydrogen-bond acceptors (Lipinski definition) is 6. The Morgan fingerprint density at radius 3 is 2.90 bits per heavy atom. The molecule has 20 heavy (non-hydrogen) atoms. The minimum atomic E-state index is -2.16. The molecule has 1 aromatic heterocycles. The van der Waals surface area contributed by atoms with Crippen molar-refractivity contribution in [2.24, 2.45) is 0 Å². The Hall–Kier alpha value is -1.51. The number of aliphatic hydroxyl groups is 2. The van der Waals surface area contributed by atoms with Crippen LogP contribution in [0.2, 0.25) is 0 Å². The van der Waals surface area contributed by atoms with Crippen LogP contribution >= 0.6 is 0 Å². The fourth-order valence-electron chi connectivity index (χ4n) is 2.17. The lowest BCUT2D eigenvalue weighted by atomic mass is 9.98. The molecule has 0 amide bonds. The van der Waals surface area contributed by atoms with Gasteiger partial charge in [-0.05, 0) is 13.8 Å². The summed E-state index contributed by atoms with van der Waals surface area (Å²) in [6.45, 7) is 2.57. The third-order valence-electron chi connectivity index (χ3n) is 3.23. The summed E-state index contributed by atoms with van der Waals surface area (Å²) in [4.78, 5) is 14.9. The third-order valence-corrected chi connectivity index (χ3v) is 3.23. The summed E-state index contributed by atoms with van der Waals surface area (Å²) in [6.07, 6.45) is -2.51. The van der Waals surface area contributed by atoms with Crippen LogP contribution in [0, 0.1) is 0 Å². The maximum atomic E-state index is 14.6. The summed E-state index contributed by atoms with van der Waals surface area (Å²) < 4.78 is 26.3. The minimum absolute atomic E-state index is 0.0975. The number of halogens is 1. The molecular weight excluding hydrogens is 271 g/mol. The van der Waals surface area contributed by atoms with Crippen molar-refractivity contribution in [3.05, 3.63) is 22.6 Å². The van der Waals surface area contributed by atoms with Crippen LogP contribution in [-0.4, -0.2) is 50.9 Å². The van der Waals surface area contributed by atoms with Gasteiger partial charge in [0.05, 0.1) is 13.2 Å². The number of rotatable bonds is 4. The third kappa shape index (κ3) is 2.41. The first-order chi connectivity index (χ1) is 9.41. The molecule has 1 aliphatic rings. The fraction of sp³-hybridized carbons (Fsp3) is 0.667. The zero-order valence-electron chi connectivity index (χ0n) is 11.2. The molecule has 1 aromatic rings. The second-order valence-corrected chi connectivity index (χ2v) is 4.69. The molecule has 1 aliphatic heterocycles. The van der Waals surface area contributed by atoms with E-state index in [1.165, 1.54) is 10.8 Å². The van der Waals surface area contributed by atoms with Gasteiger partial charge in [-0.15, -0.1) is 0 Å². The summed E-state index contributed by atoms with van der Waals surface area (Å²) in [5, 5.41) is 18.9. The molecule has 0 saturated carbocycles. The highest BCUT2D eigenvalue weighted by Crippen LogP contribution is 2.42. The van der Waals surface area contributed by atoms with Crippen LogP contribution in [0.15, 0.2) is 17.1 Å². The van der Waals surface area contributed by atoms with Crippen LogP contribution < -0.4 is 10.3 Å². The van der Waals surface area contributed by atoms with Crippen molar-refractivity contribution in [3.63, 3.8) is 0 Å². The lowest BCUT2D eigenvalue weighted by Gasteiger charge is -2.26. The van der Waals surface area contributed by atoms with Gasteiger partial charge in [0.2, 0.25) is 0 Å². The zero-order chi connectivity index (χ0) is 14.9. The molecule has 1 saturated heterocycles. The van der Waals surface area contributed by atoms with Gasteiger partial charge in [0.1, 0.15) is 12.2 Å². The molecule has 0 bridgehead atoms. The maximum absolute atomic E-state index is 14.6. The Balaban J connectivity index is 2.43. The van der Waals surface area contributed by atoms with E-state index in [9.17, 15) is 14.3 Å². The number of hydrogen-bond donors (Lipinski definition) is 2. The van der Waals surface area contributed by atoms with E-state index in [1.807, 2.05) is 0 Å². The summed E-state index contributed by atoms with van der Waals surface area (Å²) in [5.74, 6) is 0. The molecule has 3 unspecified atom stereocenters. The molecule has 4 atom stereocenters. The Morgan fingerprint density at radius 2 is 2.35 bits per heavy atom. The normalized spacial score (nSPS) is 33.4. The molecule has 0 aromatic carbocycles. The number of alkyl halides is 1. The molecule has 2 heterocycles. The summed E-state index contributed by atoms with van der Waals surface area (Å²) in [6, 6.07) is 1.04. The van der Waals surface area contributed by atoms with Gasteiger partial charge in [0, 0.05) is 12.3 Å². The van der Waals surface area contributed by atoms with Crippen molar-refractivity contribution in [1.29, 1.82) is 0 Å². The van der Waals surface area contributed by atoms with E-state index < -0.39 is 36.3 Å². The van der Waals surface area contributed by atoms with Gasteiger partial charge in [0.15, 0.2) is 11.9 Å². The molecule has 1 fully saturated rings. The van der Waals surface area contributed by atoms with E-state index in [1.54, 1.807) is 6.92 Å². The minimum Gasteiger partial charge on any atom is -0.465 e. The van der Waals surface area contributed by atoms with Crippen LogP contribution in [-0.2, 0) is 4.74 Å². The molecule has 0 spiro atoms. The van der Waals surface area contributed by atoms with Gasteiger partial charge in [-0.25, -0.2) is 4.39 Å². The Bertz CT molecular complexity index is 533. The van der Waals surface area contributed by atoms with Crippen molar-refractivity contribution in [2.75, 3.05) is 13.2 Å². The average Bonchev–Trinajstić information content (AvgIpc) is 2.62. The van der Waals surface area contributed by atoms with E-state index in [4.69, 9.17) is 14.6 Å². The number of ether oxygens (including phenoxy) is 2. The van der Waals surface area contributed by atoms with Crippen molar-refractivity contribution in [1.82, 2.24) is 9.55 Å². The lowest BCUT2D eigenvalue weighted by molar-refractivity contribution is -0.0632. The highest BCUT2D eigenvalue weighted by Gasteiger charge is 2.55. The maximum Gasteiger partial charge on any atom is 0.301 e. The lowest BCUT2D eigenvalue weighted by Crippen LogP contribution is -2.40. The Labute approximate surface area is 114 Å². The molecule has 7 nitrogen and oxygen atoms in total. The Kier molecular flexibility index (Phi) is 4.07. The monoisotopic (exact) mass is 288 g/mol. The topological polar surface area (TPSA) is 93.8 Å². The van der Waals surface area contributed by atoms with Gasteiger partial charge in [0.25, 0.3) is 5.56 Å². The molecule has 2 N–H and O–H groups in total. The number of nitrogens with zero attached hydrogens (tertiary/aromatic N) is 2. The zero-order valence-corrected chi connectivity index (χ0v) is 11.2. The first kappa shape index (κ1) is 14.9. The predicted octanol–water partition coefficient (Wildman–Crippen LogP) is -0.379. The van der Waals surface area contributed by atoms with E-state index in [2.05, 4.69) is 4.98 Å². The standard InChI is InChI=1S/C12H17FN2O5/c1-3-19-11-14-8(17)4-5-15(11)10-12(2,13)9(18)7(6-16)20-10/h4-5,7,9-10,16,18H,3,6H2,1-2H3/t7?,9-,10?,12?/m0/s1. The van der Waals surface area contributed by atoms with Crippen LogP contribution in [0.1, 0.15) is 20.1 Å². The van der Waals surface area contributed by atoms with Crippen LogP contribution in [0.3, 0.4) is 0 Å². The van der Waals surface area contributed by atoms with Crippen molar-refractivity contribution in [3.8, 4) is 6.01 Å². The number of aromatic nitrogens is 2. The molecular formula is C12H17FN2O5. The molecule has 0 aliphatic carbocycles. The SMILES string of the molecule is CCOc1nc(=O)ccn1C1OC(CO)[C@H](O)C1(C)F. The summed E-state index contributed by atoms with van der Waals surface area (Å²) in [7, 11) is 0. The fourth-order valence-corrected chi connectivity index (χ4v) is 2.17. The van der Waals surface area contributed by atoms with Crippen molar-refractivity contribution >= 4 is 0 Å². The van der Waals surface area contributed by atoms with E-state index in [0.29, 0.717) is 0 Å². The summed E-state index contributed by atoms with van der Waals surface area (Å²) in [5.41, 5.74) is -2.68. The highest BCUT2D eigenvalue weighted by molar-refractivity contribution is 5.07. The highest BCUT2D eigenvalue weighted by atomic mass is 19.1. The summed E-state index contributed by atoms with van der Waals surface area (Å²) >= 11 is 0. The average molecular weight is 288 g/mol. The smallest absolute Gasteiger partial charge is 0.301 e. The molecule has 8 heteroatoms. The largest absolute Gasteiger partial charge is 0.465 e. The van der Waals surface area contributed by atoms with Gasteiger partial charge in [-0.3, -0.25) is 9.36 Å². The van der Waals surface area contributed by atoms with E-state index in [0.717, 1.165) is 13.0 Å². The molecule has 0 radical (unpaired) electrons. The Morgan fingerprint density at radius 1 is 1.65 bits per heavy atom. The van der Waals surface area contributed by atoms with Crippen molar-refractivity contribution in [2.45, 2.75) is 38.0 Å². The second kappa shape index (κ2) is 5.47. The quantitative estimate of drug-likeness (QED) is 0.784. The van der Waals surface area contributed by atoms with Gasteiger partial charge >= 0.3 is 6.01 Å². The second-order valence-electron chi connectivity index (χ2n) is 4.69. The predicted molar refractivity (Wildman–Crippen MR) is 66.2 cm³/mol. The molecule has 112 valence electrons. The van der Waals surface area contributed by atoms with Crippen LogP contribution in [0.5, 0.6) is 6.01 Å². The van der Waals surface area contributed by atoms with Gasteiger partial charge in [-0.2, -0.15) is 4.98 Å². The first-order valence-corrected chi connectivity index (χ1v) is 6.27. The van der Waals surface area contributed by atoms with Gasteiger partial charge < -0.3 is 19.7 Å². The number of aliphatic hydroxyl groups excluding tert-OH is 2. The molecule has 2 rings (SSSR count). The van der Waals surface area contributed by atoms with E-state index >= 15 is 0 Å². The van der Waals surface area contributed by atoms with Crippen molar-refractivity contribution < 1.29 is 24.1 Å². The van der Waals surface area contributed by atoms with Gasteiger partial charge in [-0.1, -0.05) is 0 Å². The van der Waals surface area contributed by atoms with E-state index in [-0.39, 0.29) is 12.6 Å². The van der Waals surface area contributed by atoms with Crippen LogP contribution in [0.4, 0.5) is 4.39 Å².